The van der Waals surface area contributed by atoms with Crippen LogP contribution >= 0.6 is 0 Å². The Morgan fingerprint density at radius 3 is 2.88 bits per heavy atom. The molecule has 0 radical (unpaired) electrons. The third-order valence-corrected chi connectivity index (χ3v) is 3.12. The molecule has 1 atom stereocenters. The monoisotopic (exact) mass is 237 g/mol. The van der Waals surface area contributed by atoms with Gasteiger partial charge in [0.05, 0.1) is 11.7 Å². The summed E-state index contributed by atoms with van der Waals surface area (Å²) >= 11 is 0. The summed E-state index contributed by atoms with van der Waals surface area (Å²) in [4.78, 5) is 13.7. The van der Waals surface area contributed by atoms with Crippen molar-refractivity contribution in [1.29, 1.82) is 0 Å². The molecule has 0 N–H and O–H groups in total. The minimum absolute atomic E-state index is 0.0764. The van der Waals surface area contributed by atoms with Gasteiger partial charge < -0.3 is 9.64 Å². The van der Waals surface area contributed by atoms with Gasteiger partial charge in [-0.15, -0.1) is 0 Å². The molecule has 1 aromatic rings. The lowest BCUT2D eigenvalue weighted by Gasteiger charge is -2.16. The summed E-state index contributed by atoms with van der Waals surface area (Å²) in [6.45, 7) is 2.97. The largest absolute Gasteiger partial charge is 0.380 e. The Kier molecular flexibility index (Phi) is 3.43. The predicted octanol–water partition coefficient (Wildman–Crippen LogP) is 2.00. The highest BCUT2D eigenvalue weighted by Crippen LogP contribution is 2.18. The molecule has 1 unspecified atom stereocenters. The molecule has 1 amide bonds. The number of nitrogens with zero attached hydrogens (tertiary/aromatic N) is 1. The first-order valence-electron chi connectivity index (χ1n) is 5.70. The van der Waals surface area contributed by atoms with E-state index in [1.807, 2.05) is 0 Å². The van der Waals surface area contributed by atoms with Crippen molar-refractivity contribution in [2.24, 2.45) is 0 Å². The fourth-order valence-electron chi connectivity index (χ4n) is 2.07. The highest BCUT2D eigenvalue weighted by molar-refractivity contribution is 5.94. The highest BCUT2D eigenvalue weighted by atomic mass is 19.1. The number of amides is 1. The summed E-state index contributed by atoms with van der Waals surface area (Å²) in [5, 5.41) is 0. The smallest absolute Gasteiger partial charge is 0.256 e. The Balaban J connectivity index is 2.15. The second kappa shape index (κ2) is 4.84. The van der Waals surface area contributed by atoms with E-state index in [4.69, 9.17) is 4.74 Å². The van der Waals surface area contributed by atoms with E-state index in [0.29, 0.717) is 13.1 Å². The van der Waals surface area contributed by atoms with Crippen LogP contribution in [0.5, 0.6) is 0 Å². The molecule has 3 nitrogen and oxygen atoms in total. The third kappa shape index (κ3) is 2.47. The Hall–Kier alpha value is -1.42. The number of hydrogen-bond acceptors (Lipinski definition) is 2. The van der Waals surface area contributed by atoms with Gasteiger partial charge in [-0.25, -0.2) is 4.39 Å². The number of carbonyl (C=O) groups excluding carboxylic acids is 1. The van der Waals surface area contributed by atoms with Crippen LogP contribution in [0.4, 0.5) is 4.39 Å². The Bertz CT molecular complexity index is 433. The standard InChI is InChI=1S/C13H16FNO2/c1-9-3-4-11(12(14)7-9)13(16)15-6-5-10(8-15)17-2/h3-4,7,10H,5-6,8H2,1-2H3. The minimum Gasteiger partial charge on any atom is -0.380 e. The van der Waals surface area contributed by atoms with E-state index >= 15 is 0 Å². The molecule has 1 fully saturated rings. The number of benzene rings is 1. The number of carbonyl (C=O) groups is 1. The molecule has 2 rings (SSSR count). The van der Waals surface area contributed by atoms with Gasteiger partial charge in [-0.1, -0.05) is 6.07 Å². The molecular formula is C13H16FNO2. The number of rotatable bonds is 2. The first kappa shape index (κ1) is 12.0. The van der Waals surface area contributed by atoms with Crippen LogP contribution in [-0.2, 0) is 4.74 Å². The lowest BCUT2D eigenvalue weighted by molar-refractivity contribution is 0.0720. The Morgan fingerprint density at radius 2 is 2.29 bits per heavy atom. The van der Waals surface area contributed by atoms with Crippen molar-refractivity contribution >= 4 is 5.91 Å². The van der Waals surface area contributed by atoms with Crippen molar-refractivity contribution < 1.29 is 13.9 Å². The Labute approximate surface area is 100 Å². The highest BCUT2D eigenvalue weighted by Gasteiger charge is 2.27. The summed E-state index contributed by atoms with van der Waals surface area (Å²) in [7, 11) is 1.63. The second-order valence-corrected chi connectivity index (χ2v) is 4.38. The van der Waals surface area contributed by atoms with Crippen molar-refractivity contribution in [1.82, 2.24) is 4.90 Å². The van der Waals surface area contributed by atoms with Gasteiger partial charge >= 0.3 is 0 Å². The molecular weight excluding hydrogens is 221 g/mol. The van der Waals surface area contributed by atoms with Crippen molar-refractivity contribution in [3.8, 4) is 0 Å². The average molecular weight is 237 g/mol. The summed E-state index contributed by atoms with van der Waals surface area (Å²) in [5.74, 6) is -0.696. The van der Waals surface area contributed by atoms with Crippen LogP contribution in [0.15, 0.2) is 18.2 Å². The first-order chi connectivity index (χ1) is 8.11. The Morgan fingerprint density at radius 1 is 1.53 bits per heavy atom. The van der Waals surface area contributed by atoms with Crippen LogP contribution in [0.3, 0.4) is 0 Å². The lowest BCUT2D eigenvalue weighted by atomic mass is 10.1. The molecule has 1 saturated heterocycles. The van der Waals surface area contributed by atoms with Gasteiger partial charge in [0.1, 0.15) is 5.82 Å². The molecule has 92 valence electrons. The zero-order valence-corrected chi connectivity index (χ0v) is 10.1. The molecule has 0 spiro atoms. The molecule has 17 heavy (non-hydrogen) atoms. The van der Waals surface area contributed by atoms with Crippen LogP contribution in [0.2, 0.25) is 0 Å². The van der Waals surface area contributed by atoms with Crippen LogP contribution in [-0.4, -0.2) is 37.1 Å². The van der Waals surface area contributed by atoms with Crippen molar-refractivity contribution in [3.05, 3.63) is 35.1 Å². The fourth-order valence-corrected chi connectivity index (χ4v) is 2.07. The van der Waals surface area contributed by atoms with Crippen LogP contribution in [0.25, 0.3) is 0 Å². The molecule has 0 aromatic heterocycles. The molecule has 1 aliphatic rings. The number of methoxy groups -OCH3 is 1. The van der Waals surface area contributed by atoms with Crippen molar-refractivity contribution in [3.63, 3.8) is 0 Å². The molecule has 4 heteroatoms. The predicted molar refractivity (Wildman–Crippen MR) is 62.5 cm³/mol. The van der Waals surface area contributed by atoms with Gasteiger partial charge in [0.2, 0.25) is 0 Å². The molecule has 1 heterocycles. The summed E-state index contributed by atoms with van der Waals surface area (Å²) < 4.78 is 18.8. The zero-order chi connectivity index (χ0) is 12.4. The van der Waals surface area contributed by atoms with E-state index in [1.54, 1.807) is 31.1 Å². The second-order valence-electron chi connectivity index (χ2n) is 4.38. The van der Waals surface area contributed by atoms with Crippen molar-refractivity contribution in [2.75, 3.05) is 20.2 Å². The summed E-state index contributed by atoms with van der Waals surface area (Å²) in [6.07, 6.45) is 0.892. The van der Waals surface area contributed by atoms with E-state index in [-0.39, 0.29) is 17.6 Å². The number of hydrogen-bond donors (Lipinski definition) is 0. The van der Waals surface area contributed by atoms with E-state index in [9.17, 15) is 9.18 Å². The number of aryl methyl sites for hydroxylation is 1. The maximum atomic E-state index is 13.7. The van der Waals surface area contributed by atoms with E-state index in [0.717, 1.165) is 12.0 Å². The van der Waals surface area contributed by atoms with Gasteiger partial charge in [0.15, 0.2) is 0 Å². The van der Waals surface area contributed by atoms with Gasteiger partial charge in [-0.3, -0.25) is 4.79 Å². The van der Waals surface area contributed by atoms with Crippen LogP contribution in [0.1, 0.15) is 22.3 Å². The van der Waals surface area contributed by atoms with E-state index in [2.05, 4.69) is 0 Å². The van der Waals surface area contributed by atoms with Crippen LogP contribution in [0, 0.1) is 12.7 Å². The average Bonchev–Trinajstić information content (AvgIpc) is 2.76. The number of ether oxygens (including phenoxy) is 1. The number of likely N-dealkylation sites (tertiary alicyclic amines) is 1. The van der Waals surface area contributed by atoms with E-state index in [1.165, 1.54) is 6.07 Å². The zero-order valence-electron chi connectivity index (χ0n) is 10.1. The summed E-state index contributed by atoms with van der Waals surface area (Å²) in [6, 6.07) is 4.68. The molecule has 1 aromatic carbocycles. The van der Waals surface area contributed by atoms with Gasteiger partial charge in [-0.2, -0.15) is 0 Å². The molecule has 0 saturated carbocycles. The third-order valence-electron chi connectivity index (χ3n) is 3.12. The molecule has 0 bridgehead atoms. The van der Waals surface area contributed by atoms with Crippen molar-refractivity contribution in [2.45, 2.75) is 19.4 Å². The quantitative estimate of drug-likeness (QED) is 0.787. The van der Waals surface area contributed by atoms with E-state index < -0.39 is 5.82 Å². The summed E-state index contributed by atoms with van der Waals surface area (Å²) in [5.41, 5.74) is 0.961. The maximum absolute atomic E-state index is 13.7. The van der Waals surface area contributed by atoms with Crippen LogP contribution < -0.4 is 0 Å². The first-order valence-corrected chi connectivity index (χ1v) is 5.70. The molecule has 0 aliphatic carbocycles. The molecule has 1 aliphatic heterocycles. The van der Waals surface area contributed by atoms with Gasteiger partial charge in [0.25, 0.3) is 5.91 Å². The number of halogens is 1. The lowest BCUT2D eigenvalue weighted by Crippen LogP contribution is -2.30. The normalized spacial score (nSPS) is 19.7. The fraction of sp³-hybridized carbons (Fsp3) is 0.462. The maximum Gasteiger partial charge on any atom is 0.256 e. The SMILES string of the molecule is COC1CCN(C(=O)c2ccc(C)cc2F)C1. The topological polar surface area (TPSA) is 29.5 Å². The minimum atomic E-state index is -0.448. The van der Waals surface area contributed by atoms with Gasteiger partial charge in [-0.05, 0) is 31.0 Å². The van der Waals surface area contributed by atoms with Gasteiger partial charge in [0, 0.05) is 20.2 Å².